The van der Waals surface area contributed by atoms with Crippen molar-refractivity contribution in [1.82, 2.24) is 5.32 Å². The lowest BCUT2D eigenvalue weighted by Gasteiger charge is -2.18. The molecule has 1 unspecified atom stereocenters. The normalized spacial score (nSPS) is 18.1. The fourth-order valence-corrected chi connectivity index (χ4v) is 2.99. The van der Waals surface area contributed by atoms with Crippen LogP contribution in [0.25, 0.3) is 0 Å². The summed E-state index contributed by atoms with van der Waals surface area (Å²) in [5.74, 6) is 0.405. The summed E-state index contributed by atoms with van der Waals surface area (Å²) in [4.78, 5) is 0. The maximum absolute atomic E-state index is 6.34. The summed E-state index contributed by atoms with van der Waals surface area (Å²) in [6.45, 7) is 1.98. The van der Waals surface area contributed by atoms with E-state index in [1.165, 1.54) is 16.7 Å². The van der Waals surface area contributed by atoms with E-state index in [2.05, 4.69) is 47.8 Å². The average molecular weight is 339 g/mol. The number of nitrogens with one attached hydrogen (secondary N) is 1. The van der Waals surface area contributed by atoms with Gasteiger partial charge >= 0.3 is 0 Å². The minimum Gasteiger partial charge on any atom is -0.315 e. The zero-order valence-electron chi connectivity index (χ0n) is 10.6. The van der Waals surface area contributed by atoms with Crippen LogP contribution in [0.1, 0.15) is 22.6 Å². The first-order valence-electron chi connectivity index (χ1n) is 6.39. The van der Waals surface area contributed by atoms with Gasteiger partial charge in [-0.05, 0) is 35.7 Å². The lowest BCUT2D eigenvalue weighted by molar-refractivity contribution is 0.665. The summed E-state index contributed by atoms with van der Waals surface area (Å²) in [5, 5.41) is 4.41. The summed E-state index contributed by atoms with van der Waals surface area (Å²) in [7, 11) is 0. The number of rotatable bonds is 1. The third-order valence-corrected chi connectivity index (χ3v) is 3.99. The van der Waals surface area contributed by atoms with Gasteiger partial charge < -0.3 is 5.32 Å². The summed E-state index contributed by atoms with van der Waals surface area (Å²) in [6.07, 6.45) is 1.01. The SMILES string of the molecule is Br.Clc1cccc2c1CCNCC2c1ccccc1. The highest BCUT2D eigenvalue weighted by Gasteiger charge is 2.21. The highest BCUT2D eigenvalue weighted by Crippen LogP contribution is 2.32. The van der Waals surface area contributed by atoms with E-state index >= 15 is 0 Å². The van der Waals surface area contributed by atoms with Crippen LogP contribution >= 0.6 is 28.6 Å². The summed E-state index contributed by atoms with van der Waals surface area (Å²) < 4.78 is 0. The first-order chi connectivity index (χ1) is 8.86. The summed E-state index contributed by atoms with van der Waals surface area (Å²) in [5.41, 5.74) is 4.03. The molecule has 0 bridgehead atoms. The van der Waals surface area contributed by atoms with Gasteiger partial charge in [-0.15, -0.1) is 17.0 Å². The summed E-state index contributed by atoms with van der Waals surface area (Å²) in [6, 6.07) is 16.9. The maximum Gasteiger partial charge on any atom is 0.0441 e. The van der Waals surface area contributed by atoms with Crippen molar-refractivity contribution in [3.8, 4) is 0 Å². The Morgan fingerprint density at radius 3 is 2.58 bits per heavy atom. The molecule has 3 rings (SSSR count). The van der Waals surface area contributed by atoms with E-state index in [0.29, 0.717) is 5.92 Å². The Balaban J connectivity index is 0.00000133. The molecule has 1 N–H and O–H groups in total. The van der Waals surface area contributed by atoms with E-state index in [0.717, 1.165) is 24.5 Å². The van der Waals surface area contributed by atoms with Gasteiger partial charge in [0.2, 0.25) is 0 Å². The minimum absolute atomic E-state index is 0. The van der Waals surface area contributed by atoms with E-state index in [1.54, 1.807) is 0 Å². The first-order valence-corrected chi connectivity index (χ1v) is 6.77. The number of fused-ring (bicyclic) bond motifs is 1. The molecule has 0 aliphatic carbocycles. The molecule has 1 atom stereocenters. The molecule has 0 aromatic heterocycles. The van der Waals surface area contributed by atoms with Crippen molar-refractivity contribution in [3.63, 3.8) is 0 Å². The monoisotopic (exact) mass is 337 g/mol. The highest BCUT2D eigenvalue weighted by molar-refractivity contribution is 8.93. The molecule has 19 heavy (non-hydrogen) atoms. The predicted octanol–water partition coefficient (Wildman–Crippen LogP) is 4.20. The topological polar surface area (TPSA) is 12.0 Å². The molecule has 0 radical (unpaired) electrons. The number of hydrogen-bond donors (Lipinski definition) is 1. The molecule has 1 nitrogen and oxygen atoms in total. The van der Waals surface area contributed by atoms with Crippen molar-refractivity contribution < 1.29 is 0 Å². The Kier molecular flexibility index (Phi) is 5.03. The lowest BCUT2D eigenvalue weighted by atomic mass is 9.88. The van der Waals surface area contributed by atoms with Crippen LogP contribution in [0.4, 0.5) is 0 Å². The smallest absolute Gasteiger partial charge is 0.0441 e. The predicted molar refractivity (Wildman–Crippen MR) is 86.6 cm³/mol. The second kappa shape index (κ2) is 6.56. The number of benzene rings is 2. The Labute approximate surface area is 129 Å². The van der Waals surface area contributed by atoms with Gasteiger partial charge in [0.05, 0.1) is 0 Å². The molecule has 0 saturated carbocycles. The second-order valence-corrected chi connectivity index (χ2v) is 5.13. The van der Waals surface area contributed by atoms with Gasteiger partial charge in [0.15, 0.2) is 0 Å². The second-order valence-electron chi connectivity index (χ2n) is 4.73. The molecule has 0 amide bonds. The molecule has 1 aliphatic heterocycles. The van der Waals surface area contributed by atoms with Gasteiger partial charge in [-0.2, -0.15) is 0 Å². The van der Waals surface area contributed by atoms with E-state index < -0.39 is 0 Å². The van der Waals surface area contributed by atoms with Crippen molar-refractivity contribution in [1.29, 1.82) is 0 Å². The molecule has 2 aromatic rings. The van der Waals surface area contributed by atoms with Crippen LogP contribution in [-0.4, -0.2) is 13.1 Å². The van der Waals surface area contributed by atoms with Gasteiger partial charge in [-0.3, -0.25) is 0 Å². The molecule has 1 aliphatic rings. The van der Waals surface area contributed by atoms with Gasteiger partial charge in [-0.1, -0.05) is 54.1 Å². The molecule has 0 spiro atoms. The van der Waals surface area contributed by atoms with Crippen LogP contribution < -0.4 is 5.32 Å². The lowest BCUT2D eigenvalue weighted by Crippen LogP contribution is -2.20. The first kappa shape index (κ1) is 14.6. The third-order valence-electron chi connectivity index (χ3n) is 3.63. The highest BCUT2D eigenvalue weighted by atomic mass is 79.9. The van der Waals surface area contributed by atoms with Gasteiger partial charge in [0.25, 0.3) is 0 Å². The fourth-order valence-electron chi connectivity index (χ4n) is 2.72. The fraction of sp³-hybridized carbons (Fsp3) is 0.250. The van der Waals surface area contributed by atoms with Gasteiger partial charge in [0.1, 0.15) is 0 Å². The van der Waals surface area contributed by atoms with Crippen molar-refractivity contribution in [2.75, 3.05) is 13.1 Å². The average Bonchev–Trinajstić information content (AvgIpc) is 2.63. The number of hydrogen-bond acceptors (Lipinski definition) is 1. The molecule has 3 heteroatoms. The molecule has 1 heterocycles. The van der Waals surface area contributed by atoms with Crippen LogP contribution in [0.3, 0.4) is 0 Å². The van der Waals surface area contributed by atoms with Crippen molar-refractivity contribution >= 4 is 28.6 Å². The van der Waals surface area contributed by atoms with Gasteiger partial charge in [-0.25, -0.2) is 0 Å². The molecule has 0 fully saturated rings. The van der Waals surface area contributed by atoms with Crippen molar-refractivity contribution in [2.45, 2.75) is 12.3 Å². The van der Waals surface area contributed by atoms with E-state index in [-0.39, 0.29) is 17.0 Å². The third kappa shape index (κ3) is 3.02. The van der Waals surface area contributed by atoms with E-state index in [9.17, 15) is 0 Å². The largest absolute Gasteiger partial charge is 0.315 e. The summed E-state index contributed by atoms with van der Waals surface area (Å²) >= 11 is 6.34. The molecule has 0 saturated heterocycles. The molecular formula is C16H17BrClN. The quantitative estimate of drug-likeness (QED) is 0.822. The Bertz CT molecular complexity index is 542. The van der Waals surface area contributed by atoms with Crippen LogP contribution in [-0.2, 0) is 6.42 Å². The van der Waals surface area contributed by atoms with Crippen LogP contribution in [0.5, 0.6) is 0 Å². The zero-order chi connectivity index (χ0) is 12.4. The van der Waals surface area contributed by atoms with Crippen LogP contribution in [0.2, 0.25) is 5.02 Å². The Morgan fingerprint density at radius 1 is 1.00 bits per heavy atom. The minimum atomic E-state index is 0. The van der Waals surface area contributed by atoms with E-state index in [1.807, 2.05) is 6.07 Å². The Hall–Kier alpha value is -0.830. The zero-order valence-corrected chi connectivity index (χ0v) is 13.1. The van der Waals surface area contributed by atoms with Crippen molar-refractivity contribution in [3.05, 3.63) is 70.2 Å². The van der Waals surface area contributed by atoms with Crippen LogP contribution in [0, 0.1) is 0 Å². The number of halogens is 2. The maximum atomic E-state index is 6.34. The Morgan fingerprint density at radius 2 is 1.79 bits per heavy atom. The molecule has 2 aromatic carbocycles. The standard InChI is InChI=1S/C16H16ClN.BrH/c17-16-8-4-7-13-14(16)9-10-18-11-15(13)12-5-2-1-3-6-12;/h1-8,15,18H,9-11H2;1H. The molecular weight excluding hydrogens is 322 g/mol. The van der Waals surface area contributed by atoms with E-state index in [4.69, 9.17) is 11.6 Å². The molecule has 100 valence electrons. The van der Waals surface area contributed by atoms with Gasteiger partial charge in [0, 0.05) is 17.5 Å². The van der Waals surface area contributed by atoms with Crippen LogP contribution in [0.15, 0.2) is 48.5 Å². The van der Waals surface area contributed by atoms with Crippen molar-refractivity contribution in [2.24, 2.45) is 0 Å².